The number of sulfonamides is 1. The van der Waals surface area contributed by atoms with E-state index in [0.29, 0.717) is 0 Å². The second-order valence-electron chi connectivity index (χ2n) is 4.28. The van der Waals surface area contributed by atoms with E-state index in [1.54, 1.807) is 20.2 Å². The molecule has 0 heterocycles. The summed E-state index contributed by atoms with van der Waals surface area (Å²) in [7, 11) is 0.378. The van der Waals surface area contributed by atoms with E-state index < -0.39 is 33.1 Å². The molecule has 0 aliphatic carbocycles. The molecule has 0 bridgehead atoms. The summed E-state index contributed by atoms with van der Waals surface area (Å²) in [5.41, 5.74) is 0.393. The third-order valence-electron chi connectivity index (χ3n) is 2.60. The number of hydrogen-bond acceptors (Lipinski definition) is 5. The Labute approximate surface area is 122 Å². The van der Waals surface area contributed by atoms with E-state index in [9.17, 15) is 17.6 Å². The normalized spacial score (nSPS) is 10.8. The molecule has 1 aromatic carbocycles. The lowest BCUT2D eigenvalue weighted by atomic mass is 10.2. The average molecular weight is 314 g/mol. The highest BCUT2D eigenvalue weighted by atomic mass is 32.2. The third kappa shape index (κ3) is 3.90. The lowest BCUT2D eigenvalue weighted by molar-refractivity contribution is -0.115. The molecule has 21 heavy (non-hydrogen) atoms. The predicted molar refractivity (Wildman–Crippen MR) is 75.8 cm³/mol. The average Bonchev–Trinajstić information content (AvgIpc) is 2.40. The van der Waals surface area contributed by atoms with Crippen molar-refractivity contribution in [3.8, 4) is 6.07 Å². The van der Waals surface area contributed by atoms with Crippen LogP contribution >= 0.6 is 0 Å². The molecule has 0 spiro atoms. The topological polar surface area (TPSA) is 102 Å². The van der Waals surface area contributed by atoms with Crippen LogP contribution in [-0.2, 0) is 14.8 Å². The molecule has 0 aromatic heterocycles. The number of benzene rings is 1. The Hall–Kier alpha value is -2.18. The monoisotopic (exact) mass is 314 g/mol. The fraction of sp³-hybridized carbons (Fsp3) is 0.333. The number of nitriles is 1. The molecular formula is C12H15FN4O3S. The van der Waals surface area contributed by atoms with Crippen LogP contribution in [0.1, 0.15) is 6.42 Å². The number of rotatable bonds is 5. The van der Waals surface area contributed by atoms with Crippen LogP contribution in [-0.4, -0.2) is 35.5 Å². The van der Waals surface area contributed by atoms with Crippen molar-refractivity contribution in [3.05, 3.63) is 17.9 Å². The van der Waals surface area contributed by atoms with E-state index in [-0.39, 0.29) is 11.4 Å². The van der Waals surface area contributed by atoms with E-state index in [4.69, 9.17) is 5.26 Å². The summed E-state index contributed by atoms with van der Waals surface area (Å²) in [6, 6.07) is 3.70. The van der Waals surface area contributed by atoms with Gasteiger partial charge in [0.15, 0.2) is 0 Å². The fourth-order valence-electron chi connectivity index (χ4n) is 1.60. The molecule has 0 unspecified atom stereocenters. The summed E-state index contributed by atoms with van der Waals surface area (Å²) in [4.78, 5) is 12.4. The Bertz CT molecular complexity index is 695. The van der Waals surface area contributed by atoms with Crippen LogP contribution in [0, 0.1) is 17.1 Å². The first kappa shape index (κ1) is 16.9. The molecule has 0 saturated heterocycles. The number of hydrogen-bond donors (Lipinski definition) is 2. The summed E-state index contributed by atoms with van der Waals surface area (Å²) in [5, 5.41) is 10.9. The highest BCUT2D eigenvalue weighted by molar-refractivity contribution is 7.89. The van der Waals surface area contributed by atoms with Crippen molar-refractivity contribution in [2.45, 2.75) is 11.3 Å². The van der Waals surface area contributed by atoms with Crippen molar-refractivity contribution in [1.82, 2.24) is 4.72 Å². The van der Waals surface area contributed by atoms with Gasteiger partial charge in [0, 0.05) is 20.2 Å². The number of carbonyl (C=O) groups excluding carboxylic acids is 1. The Balaban J connectivity index is 3.42. The zero-order valence-corrected chi connectivity index (χ0v) is 12.6. The van der Waals surface area contributed by atoms with Crippen molar-refractivity contribution in [3.63, 3.8) is 0 Å². The molecule has 1 amide bonds. The smallest absolute Gasteiger partial charge is 0.243 e. The Morgan fingerprint density at radius 3 is 2.52 bits per heavy atom. The molecule has 114 valence electrons. The summed E-state index contributed by atoms with van der Waals surface area (Å²) in [6.45, 7) is 0. The second-order valence-corrected chi connectivity index (χ2v) is 6.14. The maximum absolute atomic E-state index is 13.9. The summed E-state index contributed by atoms with van der Waals surface area (Å²) < 4.78 is 39.4. The van der Waals surface area contributed by atoms with E-state index in [1.165, 1.54) is 4.90 Å². The lowest BCUT2D eigenvalue weighted by Gasteiger charge is -2.19. The Morgan fingerprint density at radius 1 is 1.43 bits per heavy atom. The molecule has 0 aliphatic heterocycles. The van der Waals surface area contributed by atoms with E-state index in [1.807, 2.05) is 4.72 Å². The molecule has 0 fully saturated rings. The maximum Gasteiger partial charge on any atom is 0.243 e. The highest BCUT2D eigenvalue weighted by Crippen LogP contribution is 2.30. The largest absolute Gasteiger partial charge is 0.376 e. The summed E-state index contributed by atoms with van der Waals surface area (Å²) in [5.74, 6) is -1.55. The minimum absolute atomic E-state index is 0.107. The number of carbonyl (C=O) groups is 1. The van der Waals surface area contributed by atoms with Crippen molar-refractivity contribution in [2.24, 2.45) is 0 Å². The molecule has 0 aliphatic rings. The standard InChI is InChI=1S/C12H15FN4O3S/c1-15-21(19,20)11-7-9(16-12(18)4-5-14)10(17(2)3)6-8(11)13/h6-7,15H,4H2,1-3H3,(H,16,18). The van der Waals surface area contributed by atoms with Gasteiger partial charge in [-0.15, -0.1) is 0 Å². The SMILES string of the molecule is CNS(=O)(=O)c1cc(NC(=O)CC#N)c(N(C)C)cc1F. The molecule has 0 saturated carbocycles. The van der Waals surface area contributed by atoms with Crippen molar-refractivity contribution >= 4 is 27.3 Å². The fourth-order valence-corrected chi connectivity index (χ4v) is 2.40. The quantitative estimate of drug-likeness (QED) is 0.831. The molecule has 7 nitrogen and oxygen atoms in total. The number of nitrogens with one attached hydrogen (secondary N) is 2. The van der Waals surface area contributed by atoms with Crippen LogP contribution in [0.4, 0.5) is 15.8 Å². The number of amides is 1. The highest BCUT2D eigenvalue weighted by Gasteiger charge is 2.21. The zero-order chi connectivity index (χ0) is 16.2. The Morgan fingerprint density at radius 2 is 2.05 bits per heavy atom. The van der Waals surface area contributed by atoms with Gasteiger partial charge >= 0.3 is 0 Å². The van der Waals surface area contributed by atoms with Crippen LogP contribution in [0.5, 0.6) is 0 Å². The minimum Gasteiger partial charge on any atom is -0.376 e. The van der Waals surface area contributed by atoms with Gasteiger partial charge in [-0.05, 0) is 13.1 Å². The lowest BCUT2D eigenvalue weighted by Crippen LogP contribution is -2.22. The van der Waals surface area contributed by atoms with Gasteiger partial charge in [-0.2, -0.15) is 5.26 Å². The van der Waals surface area contributed by atoms with E-state index in [2.05, 4.69) is 5.32 Å². The third-order valence-corrected chi connectivity index (χ3v) is 4.03. The molecule has 9 heteroatoms. The van der Waals surface area contributed by atoms with E-state index >= 15 is 0 Å². The maximum atomic E-state index is 13.9. The van der Waals surface area contributed by atoms with Crippen molar-refractivity contribution < 1.29 is 17.6 Å². The molecule has 0 atom stereocenters. The van der Waals surface area contributed by atoms with Crippen molar-refractivity contribution in [1.29, 1.82) is 5.26 Å². The first-order chi connectivity index (χ1) is 9.72. The van der Waals surface area contributed by atoms with Crippen LogP contribution in [0.3, 0.4) is 0 Å². The van der Waals surface area contributed by atoms with Gasteiger partial charge in [0.1, 0.15) is 17.1 Å². The van der Waals surface area contributed by atoms with Crippen LogP contribution in [0.15, 0.2) is 17.0 Å². The molecule has 2 N–H and O–H groups in total. The van der Waals surface area contributed by atoms with Crippen LogP contribution < -0.4 is 14.9 Å². The Kier molecular flexibility index (Phi) is 5.23. The van der Waals surface area contributed by atoms with Crippen LogP contribution in [0.25, 0.3) is 0 Å². The van der Waals surface area contributed by atoms with E-state index in [0.717, 1.165) is 19.2 Å². The van der Waals surface area contributed by atoms with Gasteiger partial charge in [-0.1, -0.05) is 0 Å². The molecule has 1 aromatic rings. The van der Waals surface area contributed by atoms with Gasteiger partial charge in [-0.3, -0.25) is 4.79 Å². The van der Waals surface area contributed by atoms with Crippen molar-refractivity contribution in [2.75, 3.05) is 31.4 Å². The summed E-state index contributed by atoms with van der Waals surface area (Å²) >= 11 is 0. The van der Waals surface area contributed by atoms with Gasteiger partial charge in [0.25, 0.3) is 0 Å². The minimum atomic E-state index is -4.00. The first-order valence-electron chi connectivity index (χ1n) is 5.84. The van der Waals surface area contributed by atoms with Crippen LogP contribution in [0.2, 0.25) is 0 Å². The number of halogens is 1. The van der Waals surface area contributed by atoms with Gasteiger partial charge < -0.3 is 10.2 Å². The first-order valence-corrected chi connectivity index (χ1v) is 7.32. The van der Waals surface area contributed by atoms with Gasteiger partial charge in [0.2, 0.25) is 15.9 Å². The van der Waals surface area contributed by atoms with Gasteiger partial charge in [-0.25, -0.2) is 17.5 Å². The predicted octanol–water partition coefficient (Wildman–Crippen LogP) is 0.652. The number of anilines is 2. The summed E-state index contributed by atoms with van der Waals surface area (Å²) in [6.07, 6.45) is -0.391. The van der Waals surface area contributed by atoms with Gasteiger partial charge in [0.05, 0.1) is 17.4 Å². The molecule has 1 rings (SSSR count). The number of nitrogens with zero attached hydrogens (tertiary/aromatic N) is 2. The molecular weight excluding hydrogens is 299 g/mol. The second kappa shape index (κ2) is 6.51. The zero-order valence-electron chi connectivity index (χ0n) is 11.8. The molecule has 0 radical (unpaired) electrons.